The van der Waals surface area contributed by atoms with Gasteiger partial charge in [-0.25, -0.2) is 0 Å². The van der Waals surface area contributed by atoms with E-state index in [2.05, 4.69) is 4.98 Å². The minimum absolute atomic E-state index is 0.0692. The number of hydrogen-bond acceptors (Lipinski definition) is 7. The van der Waals surface area contributed by atoms with Gasteiger partial charge in [-0.3, -0.25) is 24.3 Å². The molecule has 190 valence electrons. The Morgan fingerprint density at radius 3 is 2.24 bits per heavy atom. The van der Waals surface area contributed by atoms with Crippen LogP contribution in [0.25, 0.3) is 5.76 Å². The van der Waals surface area contributed by atoms with Gasteiger partial charge in [0.05, 0.1) is 41.8 Å². The van der Waals surface area contributed by atoms with E-state index in [-0.39, 0.29) is 45.9 Å². The van der Waals surface area contributed by atoms with Crippen molar-refractivity contribution in [2.24, 2.45) is 0 Å². The molecule has 3 aromatic rings. The predicted octanol–water partition coefficient (Wildman–Crippen LogP) is 5.13. The van der Waals surface area contributed by atoms with Crippen LogP contribution in [0, 0.1) is 0 Å². The van der Waals surface area contributed by atoms with Crippen LogP contribution in [0.5, 0.6) is 5.75 Å². The maximum absolute atomic E-state index is 13.3. The number of methoxy groups -OCH3 is 1. The summed E-state index contributed by atoms with van der Waals surface area (Å²) in [5.74, 6) is -2.29. The average Bonchev–Trinajstić information content (AvgIpc) is 3.15. The molecule has 1 saturated heterocycles. The van der Waals surface area contributed by atoms with E-state index in [1.165, 1.54) is 36.5 Å². The molecule has 0 spiro atoms. The Morgan fingerprint density at radius 2 is 1.68 bits per heavy atom. The Kier molecular flexibility index (Phi) is 7.80. The average molecular weight is 541 g/mol. The molecule has 0 radical (unpaired) electrons. The highest BCUT2D eigenvalue weighted by atomic mass is 35.5. The summed E-state index contributed by atoms with van der Waals surface area (Å²) in [6, 6.07) is 11.8. The van der Waals surface area contributed by atoms with Crippen LogP contribution in [0.4, 0.5) is 5.69 Å². The maximum atomic E-state index is 13.3. The Bertz CT molecular complexity index is 1370. The molecule has 37 heavy (non-hydrogen) atoms. The van der Waals surface area contributed by atoms with Crippen LogP contribution in [0.15, 0.2) is 66.5 Å². The zero-order valence-electron chi connectivity index (χ0n) is 19.9. The van der Waals surface area contributed by atoms with Crippen molar-refractivity contribution in [2.45, 2.75) is 19.4 Å². The molecule has 0 bridgehead atoms. The van der Waals surface area contributed by atoms with Crippen molar-refractivity contribution < 1.29 is 29.0 Å². The fourth-order valence-corrected chi connectivity index (χ4v) is 4.80. The third-order valence-electron chi connectivity index (χ3n) is 5.81. The molecule has 1 unspecified atom stereocenters. The largest absolute Gasteiger partial charge is 0.507 e. The standard InChI is InChI=1S/C27H22Cl2N2O6/c1-3-37-21(32)12-15-4-6-18(7-5-15)31-23(16-8-10-30-11-9-16)22(25(34)27(31)35)24(33)17-13-19(28)26(36-2)20(29)14-17/h4-11,13-14,23,33H,3,12H2,1-2H3/b24-22+. The number of aliphatic hydroxyl groups is 1. The van der Waals surface area contributed by atoms with Crippen LogP contribution in [-0.2, 0) is 25.5 Å². The number of Topliss-reactive ketones (excluding diaryl/α,β-unsaturated/α-hetero) is 1. The van der Waals surface area contributed by atoms with E-state index in [1.54, 1.807) is 43.3 Å². The van der Waals surface area contributed by atoms with Gasteiger partial charge in [0.1, 0.15) is 5.76 Å². The molecule has 0 aliphatic carbocycles. The van der Waals surface area contributed by atoms with Crippen LogP contribution < -0.4 is 9.64 Å². The predicted molar refractivity (Wildman–Crippen MR) is 139 cm³/mol. The number of anilines is 1. The van der Waals surface area contributed by atoms with Gasteiger partial charge in [0.25, 0.3) is 11.7 Å². The highest BCUT2D eigenvalue weighted by Gasteiger charge is 2.47. The van der Waals surface area contributed by atoms with Gasteiger partial charge >= 0.3 is 5.97 Å². The first-order chi connectivity index (χ1) is 17.8. The summed E-state index contributed by atoms with van der Waals surface area (Å²) >= 11 is 12.5. The van der Waals surface area contributed by atoms with E-state index >= 15 is 0 Å². The molecule has 1 aliphatic heterocycles. The quantitative estimate of drug-likeness (QED) is 0.191. The molecule has 1 amide bonds. The van der Waals surface area contributed by atoms with Crippen molar-refractivity contribution in [3.63, 3.8) is 0 Å². The van der Waals surface area contributed by atoms with Crippen molar-refractivity contribution in [2.75, 3.05) is 18.6 Å². The van der Waals surface area contributed by atoms with E-state index in [0.717, 1.165) is 0 Å². The van der Waals surface area contributed by atoms with E-state index < -0.39 is 23.5 Å². The Morgan fingerprint density at radius 1 is 1.05 bits per heavy atom. The van der Waals surface area contributed by atoms with Crippen molar-refractivity contribution in [3.05, 3.63) is 93.2 Å². The lowest BCUT2D eigenvalue weighted by Gasteiger charge is -2.25. The monoisotopic (exact) mass is 540 g/mol. The number of aromatic nitrogens is 1. The summed E-state index contributed by atoms with van der Waals surface area (Å²) in [5, 5.41) is 11.5. The van der Waals surface area contributed by atoms with Gasteiger partial charge in [-0.15, -0.1) is 0 Å². The summed E-state index contributed by atoms with van der Waals surface area (Å²) in [4.78, 5) is 43.7. The number of ketones is 1. The van der Waals surface area contributed by atoms with Crippen molar-refractivity contribution in [1.29, 1.82) is 0 Å². The summed E-state index contributed by atoms with van der Waals surface area (Å²) in [6.07, 6.45) is 3.12. The molecule has 1 N–H and O–H groups in total. The lowest BCUT2D eigenvalue weighted by atomic mass is 9.95. The third kappa shape index (κ3) is 5.16. The third-order valence-corrected chi connectivity index (χ3v) is 6.37. The van der Waals surface area contributed by atoms with E-state index in [4.69, 9.17) is 32.7 Å². The van der Waals surface area contributed by atoms with Gasteiger partial charge in [-0.2, -0.15) is 0 Å². The van der Waals surface area contributed by atoms with Gasteiger partial charge in [0.15, 0.2) is 5.75 Å². The van der Waals surface area contributed by atoms with Crippen molar-refractivity contribution in [3.8, 4) is 5.75 Å². The number of nitrogens with zero attached hydrogens (tertiary/aromatic N) is 2. The summed E-state index contributed by atoms with van der Waals surface area (Å²) < 4.78 is 10.1. The molecule has 1 aliphatic rings. The maximum Gasteiger partial charge on any atom is 0.310 e. The van der Waals surface area contributed by atoms with Crippen molar-refractivity contribution >= 4 is 52.3 Å². The minimum atomic E-state index is -0.960. The first-order valence-electron chi connectivity index (χ1n) is 11.3. The van der Waals surface area contributed by atoms with Crippen LogP contribution in [-0.4, -0.2) is 41.5 Å². The molecule has 10 heteroatoms. The normalized spacial score (nSPS) is 16.6. The highest BCUT2D eigenvalue weighted by molar-refractivity contribution is 6.51. The Labute approximate surface area is 223 Å². The van der Waals surface area contributed by atoms with Crippen LogP contribution in [0.2, 0.25) is 10.0 Å². The summed E-state index contributed by atoms with van der Waals surface area (Å²) in [5.41, 5.74) is 1.65. The number of carbonyl (C=O) groups is 3. The fourth-order valence-electron chi connectivity index (χ4n) is 4.16. The van der Waals surface area contributed by atoms with Crippen LogP contribution in [0.3, 0.4) is 0 Å². The van der Waals surface area contributed by atoms with Crippen molar-refractivity contribution in [1.82, 2.24) is 4.98 Å². The summed E-state index contributed by atoms with van der Waals surface area (Å²) in [7, 11) is 1.40. The number of carbonyl (C=O) groups excluding carboxylic acids is 3. The number of benzene rings is 2. The second-order valence-corrected chi connectivity index (χ2v) is 8.89. The smallest absolute Gasteiger partial charge is 0.310 e. The first-order valence-corrected chi connectivity index (χ1v) is 12.0. The molecular weight excluding hydrogens is 519 g/mol. The van der Waals surface area contributed by atoms with E-state index in [0.29, 0.717) is 16.8 Å². The number of esters is 1. The second kappa shape index (κ2) is 11.0. The molecule has 1 fully saturated rings. The first kappa shape index (κ1) is 26.2. The van der Waals surface area contributed by atoms with Crippen LogP contribution in [0.1, 0.15) is 29.7 Å². The minimum Gasteiger partial charge on any atom is -0.507 e. The zero-order valence-corrected chi connectivity index (χ0v) is 21.4. The Balaban J connectivity index is 1.82. The zero-order chi connectivity index (χ0) is 26.7. The van der Waals surface area contributed by atoms with E-state index in [1.807, 2.05) is 0 Å². The molecule has 0 saturated carbocycles. The number of rotatable bonds is 7. The second-order valence-electron chi connectivity index (χ2n) is 8.07. The fraction of sp³-hybridized carbons (Fsp3) is 0.185. The lowest BCUT2D eigenvalue weighted by molar-refractivity contribution is -0.142. The van der Waals surface area contributed by atoms with Gasteiger partial charge < -0.3 is 14.6 Å². The Hall–Kier alpha value is -3.88. The van der Waals surface area contributed by atoms with E-state index in [9.17, 15) is 19.5 Å². The summed E-state index contributed by atoms with van der Waals surface area (Å²) in [6.45, 7) is 2.00. The molecule has 8 nitrogen and oxygen atoms in total. The lowest BCUT2D eigenvalue weighted by Crippen LogP contribution is -2.29. The number of ether oxygens (including phenoxy) is 2. The van der Waals surface area contributed by atoms with Crippen LogP contribution >= 0.6 is 23.2 Å². The molecule has 1 atom stereocenters. The highest BCUT2D eigenvalue weighted by Crippen LogP contribution is 2.43. The SMILES string of the molecule is CCOC(=O)Cc1ccc(N2C(=O)C(=O)/C(=C(/O)c3cc(Cl)c(OC)c(Cl)c3)C2c2ccncc2)cc1. The van der Waals surface area contributed by atoms with Gasteiger partial charge in [0.2, 0.25) is 0 Å². The molecule has 2 heterocycles. The van der Waals surface area contributed by atoms with Gasteiger partial charge in [-0.1, -0.05) is 35.3 Å². The number of aliphatic hydroxyl groups excluding tert-OH is 1. The van der Waals surface area contributed by atoms with Gasteiger partial charge in [-0.05, 0) is 54.4 Å². The number of hydrogen-bond donors (Lipinski definition) is 1. The number of pyridine rings is 1. The number of halogens is 2. The molecule has 1 aromatic heterocycles. The molecule has 4 rings (SSSR count). The number of amides is 1. The topological polar surface area (TPSA) is 106 Å². The molecule has 2 aromatic carbocycles. The molecular formula is C27H22Cl2N2O6. The van der Waals surface area contributed by atoms with Gasteiger partial charge in [0, 0.05) is 23.6 Å².